The highest BCUT2D eigenvalue weighted by Crippen LogP contribution is 2.33. The largest absolute Gasteiger partial charge is 0.479 e. The number of rotatable bonds is 3. The van der Waals surface area contributed by atoms with Crippen molar-refractivity contribution in [1.82, 2.24) is 4.90 Å². The van der Waals surface area contributed by atoms with Crippen molar-refractivity contribution in [2.75, 3.05) is 13.1 Å². The zero-order chi connectivity index (χ0) is 12.7. The summed E-state index contributed by atoms with van der Waals surface area (Å²) in [6, 6.07) is -0.167. The number of β-amino-alcohol motifs (C(OH)–C–C–N with tert-alkyl or cyclic N) is 2. The van der Waals surface area contributed by atoms with Crippen molar-refractivity contribution in [2.45, 2.75) is 31.1 Å². The first-order chi connectivity index (χ1) is 7.15. The minimum absolute atomic E-state index is 0.167. The van der Waals surface area contributed by atoms with E-state index in [0.29, 0.717) is 0 Å². The molecule has 0 aromatic heterocycles. The summed E-state index contributed by atoms with van der Waals surface area (Å²) in [7, 11) is 0. The van der Waals surface area contributed by atoms with Crippen molar-refractivity contribution in [3.63, 3.8) is 0 Å². The van der Waals surface area contributed by atoms with Gasteiger partial charge in [-0.25, -0.2) is 9.59 Å². The van der Waals surface area contributed by atoms with Gasteiger partial charge in [0.2, 0.25) is 11.2 Å². The van der Waals surface area contributed by atoms with Crippen LogP contribution in [0.1, 0.15) is 13.8 Å². The van der Waals surface area contributed by atoms with E-state index in [-0.39, 0.29) is 6.04 Å². The van der Waals surface area contributed by atoms with Gasteiger partial charge < -0.3 is 20.4 Å². The van der Waals surface area contributed by atoms with Crippen LogP contribution >= 0.6 is 0 Å². The SMILES string of the molecule is CC(C)N1C[C@@](O)(C(=O)O)[C@@](O)(C(=O)O)C1. The first-order valence-electron chi connectivity index (χ1n) is 4.81. The van der Waals surface area contributed by atoms with Gasteiger partial charge in [0.1, 0.15) is 0 Å². The predicted molar refractivity (Wildman–Crippen MR) is 51.9 cm³/mol. The molecule has 0 saturated carbocycles. The highest BCUT2D eigenvalue weighted by molar-refractivity contribution is 5.92. The summed E-state index contributed by atoms with van der Waals surface area (Å²) < 4.78 is 0. The molecule has 0 spiro atoms. The molecule has 7 heteroatoms. The van der Waals surface area contributed by atoms with E-state index >= 15 is 0 Å². The molecule has 0 unspecified atom stereocenters. The lowest BCUT2D eigenvalue weighted by molar-refractivity contribution is -0.195. The summed E-state index contributed by atoms with van der Waals surface area (Å²) in [5, 5.41) is 37.3. The Morgan fingerprint density at radius 2 is 1.38 bits per heavy atom. The van der Waals surface area contributed by atoms with Crippen molar-refractivity contribution in [2.24, 2.45) is 0 Å². The normalized spacial score (nSPS) is 35.6. The number of carboxylic acids is 2. The van der Waals surface area contributed by atoms with E-state index < -0.39 is 36.2 Å². The second kappa shape index (κ2) is 3.69. The maximum absolute atomic E-state index is 10.9. The summed E-state index contributed by atoms with van der Waals surface area (Å²) >= 11 is 0. The summed E-state index contributed by atoms with van der Waals surface area (Å²) in [5.41, 5.74) is -5.35. The molecule has 0 radical (unpaired) electrons. The van der Waals surface area contributed by atoms with Gasteiger partial charge in [-0.05, 0) is 13.8 Å². The van der Waals surface area contributed by atoms with E-state index in [1.807, 2.05) is 0 Å². The molecule has 0 amide bonds. The third kappa shape index (κ3) is 1.57. The third-order valence-corrected chi connectivity index (χ3v) is 2.99. The molecule has 92 valence electrons. The van der Waals surface area contributed by atoms with Gasteiger partial charge in [0.25, 0.3) is 0 Å². The van der Waals surface area contributed by atoms with E-state index in [1.165, 1.54) is 4.90 Å². The second-order valence-electron chi connectivity index (χ2n) is 4.33. The van der Waals surface area contributed by atoms with E-state index in [2.05, 4.69) is 0 Å². The lowest BCUT2D eigenvalue weighted by Crippen LogP contribution is -2.63. The Bertz CT molecular complexity index is 302. The Balaban J connectivity index is 3.16. The van der Waals surface area contributed by atoms with Crippen LogP contribution in [0.3, 0.4) is 0 Å². The van der Waals surface area contributed by atoms with E-state index in [1.54, 1.807) is 13.8 Å². The molecule has 7 nitrogen and oxygen atoms in total. The maximum Gasteiger partial charge on any atom is 0.340 e. The molecule has 1 aliphatic rings. The molecule has 4 N–H and O–H groups in total. The van der Waals surface area contributed by atoms with Crippen molar-refractivity contribution < 1.29 is 30.0 Å². The van der Waals surface area contributed by atoms with Crippen molar-refractivity contribution in [1.29, 1.82) is 0 Å². The zero-order valence-electron chi connectivity index (χ0n) is 9.04. The van der Waals surface area contributed by atoms with Crippen molar-refractivity contribution in [3.8, 4) is 0 Å². The minimum Gasteiger partial charge on any atom is -0.479 e. The molecular formula is C9H15NO6. The molecule has 1 rings (SSSR count). The number of carbonyl (C=O) groups is 2. The minimum atomic E-state index is -2.68. The van der Waals surface area contributed by atoms with E-state index in [0.717, 1.165) is 0 Å². The second-order valence-corrected chi connectivity index (χ2v) is 4.33. The number of likely N-dealkylation sites (tertiary alicyclic amines) is 1. The van der Waals surface area contributed by atoms with Gasteiger partial charge >= 0.3 is 11.9 Å². The topological polar surface area (TPSA) is 118 Å². The summed E-state index contributed by atoms with van der Waals surface area (Å²) in [5.74, 6) is -3.47. The van der Waals surface area contributed by atoms with Crippen LogP contribution in [0.4, 0.5) is 0 Å². The van der Waals surface area contributed by atoms with Gasteiger partial charge in [-0.1, -0.05) is 0 Å². The molecule has 2 atom stereocenters. The predicted octanol–water partition coefficient (Wildman–Crippen LogP) is -1.66. The van der Waals surface area contributed by atoms with Gasteiger partial charge in [0, 0.05) is 19.1 Å². The number of hydrogen-bond donors (Lipinski definition) is 4. The number of aliphatic carboxylic acids is 2. The average Bonchev–Trinajstić information content (AvgIpc) is 2.42. The molecule has 0 aromatic carbocycles. The molecule has 1 fully saturated rings. The molecule has 0 aromatic rings. The van der Waals surface area contributed by atoms with Crippen LogP contribution in [0.15, 0.2) is 0 Å². The van der Waals surface area contributed by atoms with Gasteiger partial charge in [-0.15, -0.1) is 0 Å². The molecule has 0 aliphatic carbocycles. The smallest absolute Gasteiger partial charge is 0.340 e. The average molecular weight is 233 g/mol. The quantitative estimate of drug-likeness (QED) is 0.460. The zero-order valence-corrected chi connectivity index (χ0v) is 9.04. The van der Waals surface area contributed by atoms with Crippen LogP contribution in [-0.4, -0.2) is 67.6 Å². The van der Waals surface area contributed by atoms with Crippen LogP contribution in [-0.2, 0) is 9.59 Å². The Morgan fingerprint density at radius 1 is 1.06 bits per heavy atom. The maximum atomic E-state index is 10.9. The number of nitrogens with zero attached hydrogens (tertiary/aromatic N) is 1. The van der Waals surface area contributed by atoms with Crippen LogP contribution in [0.2, 0.25) is 0 Å². The van der Waals surface area contributed by atoms with E-state index in [4.69, 9.17) is 10.2 Å². The molecule has 16 heavy (non-hydrogen) atoms. The first-order valence-corrected chi connectivity index (χ1v) is 4.81. The van der Waals surface area contributed by atoms with Crippen LogP contribution < -0.4 is 0 Å². The third-order valence-electron chi connectivity index (χ3n) is 2.99. The molecule has 1 saturated heterocycles. The lowest BCUT2D eigenvalue weighted by Gasteiger charge is -2.28. The lowest BCUT2D eigenvalue weighted by atomic mass is 9.86. The fourth-order valence-electron chi connectivity index (χ4n) is 1.76. The monoisotopic (exact) mass is 233 g/mol. The van der Waals surface area contributed by atoms with Crippen molar-refractivity contribution in [3.05, 3.63) is 0 Å². The standard InChI is InChI=1S/C9H15NO6/c1-5(2)10-3-8(15,6(11)12)9(16,4-10)7(13)14/h5,15-16H,3-4H2,1-2H3,(H,11,12)(H,13,14)/t8-,9+. The number of carboxylic acid groups (broad SMARTS) is 2. The van der Waals surface area contributed by atoms with Gasteiger partial charge in [0.05, 0.1) is 0 Å². The van der Waals surface area contributed by atoms with E-state index in [9.17, 15) is 19.8 Å². The highest BCUT2D eigenvalue weighted by Gasteiger charge is 2.66. The number of aliphatic hydroxyl groups is 2. The Kier molecular flexibility index (Phi) is 2.97. The fourth-order valence-corrected chi connectivity index (χ4v) is 1.76. The Morgan fingerprint density at radius 3 is 1.56 bits per heavy atom. The highest BCUT2D eigenvalue weighted by atomic mass is 16.5. The van der Waals surface area contributed by atoms with Crippen molar-refractivity contribution >= 4 is 11.9 Å². The summed E-state index contributed by atoms with van der Waals surface area (Å²) in [6.45, 7) is 2.61. The Labute approximate surface area is 91.9 Å². The van der Waals surface area contributed by atoms with Gasteiger partial charge in [0.15, 0.2) is 0 Å². The van der Waals surface area contributed by atoms with Crippen LogP contribution in [0.25, 0.3) is 0 Å². The Hall–Kier alpha value is -1.18. The molecule has 1 heterocycles. The fraction of sp³-hybridized carbons (Fsp3) is 0.778. The van der Waals surface area contributed by atoms with Gasteiger partial charge in [-0.2, -0.15) is 0 Å². The summed E-state index contributed by atoms with van der Waals surface area (Å²) in [4.78, 5) is 23.2. The van der Waals surface area contributed by atoms with Crippen LogP contribution in [0.5, 0.6) is 0 Å². The van der Waals surface area contributed by atoms with Crippen LogP contribution in [0, 0.1) is 0 Å². The van der Waals surface area contributed by atoms with Gasteiger partial charge in [-0.3, -0.25) is 4.90 Å². The summed E-state index contributed by atoms with van der Waals surface area (Å²) in [6.07, 6.45) is 0. The molecular weight excluding hydrogens is 218 g/mol. The number of hydrogen-bond acceptors (Lipinski definition) is 5. The molecule has 0 bridgehead atoms. The first kappa shape index (κ1) is 12.9. The molecule has 1 aliphatic heterocycles.